The number of hydrogen-bond acceptors (Lipinski definition) is 5. The maximum absolute atomic E-state index is 12.8. The highest BCUT2D eigenvalue weighted by Gasteiger charge is 2.32. The van der Waals surface area contributed by atoms with E-state index in [9.17, 15) is 13.2 Å². The normalized spacial score (nSPS) is 14.9. The molecular weight excluding hydrogens is 428 g/mol. The van der Waals surface area contributed by atoms with Gasteiger partial charge in [-0.2, -0.15) is 9.40 Å². The predicted octanol–water partition coefficient (Wildman–Crippen LogP) is 3.77. The van der Waals surface area contributed by atoms with Gasteiger partial charge < -0.3 is 9.73 Å². The molecule has 2 aromatic heterocycles. The predicted molar refractivity (Wildman–Crippen MR) is 113 cm³/mol. The van der Waals surface area contributed by atoms with Crippen LogP contribution in [0.25, 0.3) is 5.69 Å². The molecule has 3 heterocycles. The molecule has 30 heavy (non-hydrogen) atoms. The van der Waals surface area contributed by atoms with E-state index in [2.05, 4.69) is 10.4 Å². The van der Waals surface area contributed by atoms with Gasteiger partial charge in [-0.25, -0.2) is 13.1 Å². The fourth-order valence-electron chi connectivity index (χ4n) is 3.47. The van der Waals surface area contributed by atoms with Crippen molar-refractivity contribution in [2.24, 2.45) is 0 Å². The van der Waals surface area contributed by atoms with Crippen molar-refractivity contribution < 1.29 is 17.6 Å². The molecule has 4 rings (SSSR count). The molecule has 3 aromatic rings. The van der Waals surface area contributed by atoms with Gasteiger partial charge in [0, 0.05) is 30.2 Å². The Morgan fingerprint density at radius 3 is 2.60 bits per heavy atom. The molecule has 0 bridgehead atoms. The molecule has 1 aromatic carbocycles. The molecule has 1 fully saturated rings. The average molecular weight is 449 g/mol. The third-order valence-electron chi connectivity index (χ3n) is 4.90. The van der Waals surface area contributed by atoms with E-state index < -0.39 is 15.9 Å². The van der Waals surface area contributed by atoms with Gasteiger partial charge in [-0.15, -0.1) is 0 Å². The van der Waals surface area contributed by atoms with Gasteiger partial charge in [-0.1, -0.05) is 17.7 Å². The number of anilines is 1. The number of halogens is 1. The van der Waals surface area contributed by atoms with Crippen molar-refractivity contribution in [1.82, 2.24) is 14.1 Å². The van der Waals surface area contributed by atoms with Gasteiger partial charge in [-0.05, 0) is 44.9 Å². The maximum atomic E-state index is 12.8. The van der Waals surface area contributed by atoms with E-state index in [1.54, 1.807) is 42.8 Å². The summed E-state index contributed by atoms with van der Waals surface area (Å²) in [6.07, 6.45) is 1.66. The number of nitrogens with one attached hydrogen (secondary N) is 1. The monoisotopic (exact) mass is 448 g/mol. The molecule has 0 atom stereocenters. The fraction of sp³-hybridized carbons (Fsp3) is 0.300. The number of aromatic nitrogens is 2. The van der Waals surface area contributed by atoms with Gasteiger partial charge in [0.25, 0.3) is 5.91 Å². The van der Waals surface area contributed by atoms with Crippen molar-refractivity contribution in [2.75, 3.05) is 18.4 Å². The molecule has 0 radical (unpaired) electrons. The van der Waals surface area contributed by atoms with Crippen molar-refractivity contribution in [3.63, 3.8) is 0 Å². The van der Waals surface area contributed by atoms with Crippen LogP contribution in [0.3, 0.4) is 0 Å². The molecule has 10 heteroatoms. The molecule has 0 saturated carbocycles. The second kappa shape index (κ2) is 7.90. The first-order valence-corrected chi connectivity index (χ1v) is 11.3. The summed E-state index contributed by atoms with van der Waals surface area (Å²) < 4.78 is 34.1. The Morgan fingerprint density at radius 2 is 1.90 bits per heavy atom. The zero-order chi connectivity index (χ0) is 21.5. The summed E-state index contributed by atoms with van der Waals surface area (Å²) in [6, 6.07) is 10.0. The highest BCUT2D eigenvalue weighted by atomic mass is 35.5. The third-order valence-corrected chi connectivity index (χ3v) is 7.15. The highest BCUT2D eigenvalue weighted by Crippen LogP contribution is 2.27. The first-order valence-electron chi connectivity index (χ1n) is 9.50. The zero-order valence-electron chi connectivity index (χ0n) is 16.6. The Bertz CT molecular complexity index is 1210. The Labute approximate surface area is 179 Å². The minimum Gasteiger partial charge on any atom is -0.455 e. The summed E-state index contributed by atoms with van der Waals surface area (Å²) in [5, 5.41) is 7.67. The number of benzene rings is 1. The van der Waals surface area contributed by atoms with Crippen molar-refractivity contribution >= 4 is 33.3 Å². The number of sulfonamides is 1. The average Bonchev–Trinajstić information content (AvgIpc) is 3.42. The van der Waals surface area contributed by atoms with E-state index in [1.807, 2.05) is 6.07 Å². The van der Waals surface area contributed by atoms with E-state index in [4.69, 9.17) is 16.0 Å². The number of aryl methyl sites for hydroxylation is 2. The fourth-order valence-corrected chi connectivity index (χ4v) is 5.33. The van der Waals surface area contributed by atoms with Gasteiger partial charge >= 0.3 is 0 Å². The molecule has 158 valence electrons. The van der Waals surface area contributed by atoms with Crippen LogP contribution in [0.5, 0.6) is 0 Å². The van der Waals surface area contributed by atoms with Crippen molar-refractivity contribution in [3.8, 4) is 5.69 Å². The zero-order valence-corrected chi connectivity index (χ0v) is 18.1. The van der Waals surface area contributed by atoms with Crippen LogP contribution in [0, 0.1) is 13.8 Å². The molecule has 0 unspecified atom stereocenters. The molecular formula is C20H21ClN4O4S. The van der Waals surface area contributed by atoms with Gasteiger partial charge in [-0.3, -0.25) is 4.79 Å². The smallest absolute Gasteiger partial charge is 0.292 e. The molecule has 0 spiro atoms. The summed E-state index contributed by atoms with van der Waals surface area (Å²) in [7, 11) is -3.68. The number of furan rings is 1. The summed E-state index contributed by atoms with van der Waals surface area (Å²) in [6.45, 7) is 4.30. The standard InChI is InChI=1S/C20H21ClN4O4S/c1-13-10-19(25(23-13)16-7-5-6-15(21)11-16)22-20(26)17-12-18(14(2)29-17)30(27,28)24-8-3-4-9-24/h5-7,10-12H,3-4,8-9H2,1-2H3,(H,22,26). The second-order valence-electron chi connectivity index (χ2n) is 7.16. The lowest BCUT2D eigenvalue weighted by atomic mass is 10.3. The van der Waals surface area contributed by atoms with E-state index in [1.165, 1.54) is 10.4 Å². The van der Waals surface area contributed by atoms with Gasteiger partial charge in [0.2, 0.25) is 10.0 Å². The first kappa shape index (κ1) is 20.6. The van der Waals surface area contributed by atoms with Crippen LogP contribution in [0.15, 0.2) is 45.7 Å². The van der Waals surface area contributed by atoms with Gasteiger partial charge in [0.1, 0.15) is 16.5 Å². The highest BCUT2D eigenvalue weighted by molar-refractivity contribution is 7.89. The summed E-state index contributed by atoms with van der Waals surface area (Å²) in [4.78, 5) is 12.8. The number of carbonyl (C=O) groups is 1. The quantitative estimate of drug-likeness (QED) is 0.640. The van der Waals surface area contributed by atoms with E-state index >= 15 is 0 Å². The van der Waals surface area contributed by atoms with Crippen molar-refractivity contribution in [1.29, 1.82) is 0 Å². The summed E-state index contributed by atoms with van der Waals surface area (Å²) in [5.74, 6) is -0.0460. The Balaban J connectivity index is 1.62. The van der Waals surface area contributed by atoms with Crippen LogP contribution in [0.2, 0.25) is 5.02 Å². The number of amides is 1. The topological polar surface area (TPSA) is 97.4 Å². The lowest BCUT2D eigenvalue weighted by molar-refractivity contribution is 0.0994. The van der Waals surface area contributed by atoms with Crippen molar-refractivity contribution in [2.45, 2.75) is 31.6 Å². The van der Waals surface area contributed by atoms with Crippen LogP contribution in [-0.4, -0.2) is 41.5 Å². The lowest BCUT2D eigenvalue weighted by Gasteiger charge is -2.14. The summed E-state index contributed by atoms with van der Waals surface area (Å²) in [5.41, 5.74) is 1.37. The largest absolute Gasteiger partial charge is 0.455 e. The Kier molecular flexibility index (Phi) is 5.44. The molecule has 1 saturated heterocycles. The number of carbonyl (C=O) groups excluding carboxylic acids is 1. The molecule has 0 aliphatic carbocycles. The van der Waals surface area contributed by atoms with Crippen LogP contribution in [0.1, 0.15) is 34.9 Å². The molecule has 1 amide bonds. The molecule has 1 N–H and O–H groups in total. The molecule has 1 aliphatic heterocycles. The third kappa shape index (κ3) is 3.88. The van der Waals surface area contributed by atoms with Crippen LogP contribution in [-0.2, 0) is 10.0 Å². The molecule has 1 aliphatic rings. The van der Waals surface area contributed by atoms with E-state index in [0.717, 1.165) is 12.8 Å². The number of rotatable bonds is 5. The minimum atomic E-state index is -3.68. The van der Waals surface area contributed by atoms with E-state index in [-0.39, 0.29) is 16.4 Å². The van der Waals surface area contributed by atoms with Crippen LogP contribution >= 0.6 is 11.6 Å². The first-order chi connectivity index (χ1) is 14.3. The number of nitrogens with zero attached hydrogens (tertiary/aromatic N) is 3. The molecule has 8 nitrogen and oxygen atoms in total. The van der Waals surface area contributed by atoms with Crippen LogP contribution in [0.4, 0.5) is 5.82 Å². The Hall–Kier alpha value is -2.62. The van der Waals surface area contributed by atoms with Gasteiger partial charge in [0.05, 0.1) is 11.4 Å². The second-order valence-corrected chi connectivity index (χ2v) is 9.50. The number of hydrogen-bond donors (Lipinski definition) is 1. The van der Waals surface area contributed by atoms with E-state index in [0.29, 0.717) is 35.3 Å². The van der Waals surface area contributed by atoms with Crippen LogP contribution < -0.4 is 5.32 Å². The Morgan fingerprint density at radius 1 is 1.17 bits per heavy atom. The maximum Gasteiger partial charge on any atom is 0.292 e. The minimum absolute atomic E-state index is 0.0223. The van der Waals surface area contributed by atoms with Gasteiger partial charge in [0.15, 0.2) is 5.76 Å². The summed E-state index contributed by atoms with van der Waals surface area (Å²) >= 11 is 6.07. The lowest BCUT2D eigenvalue weighted by Crippen LogP contribution is -2.28. The SMILES string of the molecule is Cc1cc(NC(=O)c2cc(S(=O)(=O)N3CCCC3)c(C)o2)n(-c2cccc(Cl)c2)n1. The van der Waals surface area contributed by atoms with Crippen molar-refractivity contribution in [3.05, 3.63) is 58.6 Å².